The molecule has 4 nitrogen and oxygen atoms in total. The van der Waals surface area contributed by atoms with Crippen molar-refractivity contribution < 1.29 is 9.21 Å². The molecule has 1 aromatic heterocycles. The topological polar surface area (TPSA) is 59.5 Å². The third-order valence-corrected chi connectivity index (χ3v) is 3.59. The van der Waals surface area contributed by atoms with Crippen molar-refractivity contribution >= 4 is 16.9 Å². The van der Waals surface area contributed by atoms with Gasteiger partial charge >= 0.3 is 0 Å². The fourth-order valence-corrected chi connectivity index (χ4v) is 2.02. The van der Waals surface area contributed by atoms with Crippen LogP contribution in [0.2, 0.25) is 0 Å². The van der Waals surface area contributed by atoms with Crippen molar-refractivity contribution in [2.45, 2.75) is 25.8 Å². The molecule has 1 aromatic carbocycles. The highest BCUT2D eigenvalue weighted by molar-refractivity contribution is 5.85. The minimum absolute atomic E-state index is 0.0250. The van der Waals surface area contributed by atoms with E-state index < -0.39 is 0 Å². The van der Waals surface area contributed by atoms with E-state index in [-0.39, 0.29) is 17.9 Å². The number of likely N-dealkylation sites (N-methyl/N-ethyl adjacent to an activating group) is 1. The zero-order chi connectivity index (χ0) is 14.0. The first-order valence-electron chi connectivity index (χ1n) is 6.49. The second kappa shape index (κ2) is 5.45. The number of hydrogen-bond acceptors (Lipinski definition) is 3. The predicted octanol–water partition coefficient (Wildman–Crippen LogP) is 2.34. The summed E-state index contributed by atoms with van der Waals surface area (Å²) in [6, 6.07) is 9.72. The molecule has 1 amide bonds. The van der Waals surface area contributed by atoms with Crippen LogP contribution in [0.4, 0.5) is 0 Å². The van der Waals surface area contributed by atoms with Crippen molar-refractivity contribution in [2.24, 2.45) is 5.73 Å². The Balaban J connectivity index is 2.23. The average molecular weight is 260 g/mol. The second-order valence-corrected chi connectivity index (χ2v) is 4.94. The van der Waals surface area contributed by atoms with E-state index in [1.165, 1.54) is 0 Å². The number of rotatable bonds is 4. The van der Waals surface area contributed by atoms with Crippen molar-refractivity contribution in [1.29, 1.82) is 0 Å². The van der Waals surface area contributed by atoms with Crippen molar-refractivity contribution in [3.8, 4) is 0 Å². The van der Waals surface area contributed by atoms with Crippen molar-refractivity contribution in [3.05, 3.63) is 36.1 Å². The van der Waals surface area contributed by atoms with E-state index in [0.717, 1.165) is 11.0 Å². The van der Waals surface area contributed by atoms with Crippen LogP contribution in [0, 0.1) is 0 Å². The van der Waals surface area contributed by atoms with Gasteiger partial charge in [0.2, 0.25) is 5.91 Å². The minimum atomic E-state index is -0.300. The highest BCUT2D eigenvalue weighted by Crippen LogP contribution is 2.26. The summed E-state index contributed by atoms with van der Waals surface area (Å²) in [5.41, 5.74) is 6.41. The number of fused-ring (bicyclic) bond motifs is 1. The van der Waals surface area contributed by atoms with Gasteiger partial charge in [-0.25, -0.2) is 0 Å². The van der Waals surface area contributed by atoms with Crippen molar-refractivity contribution in [1.82, 2.24) is 4.90 Å². The van der Waals surface area contributed by atoms with Crippen LogP contribution in [-0.2, 0) is 4.79 Å². The number of amides is 1. The van der Waals surface area contributed by atoms with Gasteiger partial charge in [-0.3, -0.25) is 4.79 Å². The lowest BCUT2D eigenvalue weighted by atomic mass is 10.1. The molecule has 0 radical (unpaired) electrons. The largest absolute Gasteiger partial charge is 0.460 e. The smallest absolute Gasteiger partial charge is 0.233 e. The molecule has 0 bridgehead atoms. The SMILES string of the molecule is CC(C(=O)N(C)C(C)CN)c1cc2ccccc2o1. The summed E-state index contributed by atoms with van der Waals surface area (Å²) in [4.78, 5) is 14.0. The van der Waals surface area contributed by atoms with Crippen LogP contribution in [0.5, 0.6) is 0 Å². The minimum Gasteiger partial charge on any atom is -0.460 e. The lowest BCUT2D eigenvalue weighted by Crippen LogP contribution is -2.41. The first-order chi connectivity index (χ1) is 9.04. The van der Waals surface area contributed by atoms with Crippen LogP contribution in [0.25, 0.3) is 11.0 Å². The van der Waals surface area contributed by atoms with Crippen LogP contribution in [0.1, 0.15) is 25.5 Å². The van der Waals surface area contributed by atoms with E-state index in [4.69, 9.17) is 10.2 Å². The van der Waals surface area contributed by atoms with E-state index in [2.05, 4.69) is 0 Å². The molecule has 0 saturated heterocycles. The molecule has 2 rings (SSSR count). The molecule has 19 heavy (non-hydrogen) atoms. The molecule has 0 saturated carbocycles. The summed E-state index contributed by atoms with van der Waals surface area (Å²) in [6.45, 7) is 4.25. The summed E-state index contributed by atoms with van der Waals surface area (Å²) < 4.78 is 5.74. The molecule has 102 valence electrons. The maximum Gasteiger partial charge on any atom is 0.233 e. The number of benzene rings is 1. The van der Waals surface area contributed by atoms with E-state index in [0.29, 0.717) is 12.3 Å². The molecular formula is C15H20N2O2. The van der Waals surface area contributed by atoms with Gasteiger partial charge in [0.15, 0.2) is 0 Å². The molecule has 0 aliphatic carbocycles. The van der Waals surface area contributed by atoms with Crippen molar-refractivity contribution in [2.75, 3.05) is 13.6 Å². The van der Waals surface area contributed by atoms with Gasteiger partial charge < -0.3 is 15.1 Å². The molecule has 0 aliphatic rings. The van der Waals surface area contributed by atoms with Crippen LogP contribution in [0.3, 0.4) is 0 Å². The van der Waals surface area contributed by atoms with Crippen LogP contribution in [0.15, 0.2) is 34.7 Å². The Hall–Kier alpha value is -1.81. The van der Waals surface area contributed by atoms with Gasteiger partial charge in [0, 0.05) is 25.0 Å². The lowest BCUT2D eigenvalue weighted by Gasteiger charge is -2.25. The van der Waals surface area contributed by atoms with Gasteiger partial charge in [0.05, 0.1) is 5.92 Å². The first-order valence-corrected chi connectivity index (χ1v) is 6.49. The number of carbonyl (C=O) groups is 1. The highest BCUT2D eigenvalue weighted by atomic mass is 16.3. The Morgan fingerprint density at radius 2 is 2.05 bits per heavy atom. The fourth-order valence-electron chi connectivity index (χ4n) is 2.02. The monoisotopic (exact) mass is 260 g/mol. The molecule has 2 atom stereocenters. The zero-order valence-corrected chi connectivity index (χ0v) is 11.6. The van der Waals surface area contributed by atoms with Gasteiger partial charge in [0.1, 0.15) is 11.3 Å². The maximum absolute atomic E-state index is 12.3. The van der Waals surface area contributed by atoms with Crippen LogP contribution < -0.4 is 5.73 Å². The number of para-hydroxylation sites is 1. The Morgan fingerprint density at radius 1 is 1.37 bits per heavy atom. The summed E-state index contributed by atoms with van der Waals surface area (Å²) in [5.74, 6) is 0.422. The Morgan fingerprint density at radius 3 is 2.68 bits per heavy atom. The summed E-state index contributed by atoms with van der Waals surface area (Å²) in [7, 11) is 1.78. The number of nitrogens with two attached hydrogens (primary N) is 1. The quantitative estimate of drug-likeness (QED) is 0.918. The number of nitrogens with zero attached hydrogens (tertiary/aromatic N) is 1. The lowest BCUT2D eigenvalue weighted by molar-refractivity contribution is -0.133. The van der Waals surface area contributed by atoms with Gasteiger partial charge in [-0.2, -0.15) is 0 Å². The van der Waals surface area contributed by atoms with E-state index in [1.807, 2.05) is 44.2 Å². The maximum atomic E-state index is 12.3. The molecule has 2 N–H and O–H groups in total. The van der Waals surface area contributed by atoms with Crippen LogP contribution in [-0.4, -0.2) is 30.4 Å². The third kappa shape index (κ3) is 2.63. The van der Waals surface area contributed by atoms with Gasteiger partial charge in [-0.15, -0.1) is 0 Å². The standard InChI is InChI=1S/C15H20N2O2/c1-10(9-16)17(3)15(18)11(2)14-8-12-6-4-5-7-13(12)19-14/h4-8,10-11H,9,16H2,1-3H3. The number of furan rings is 1. The zero-order valence-electron chi connectivity index (χ0n) is 11.6. The second-order valence-electron chi connectivity index (χ2n) is 4.94. The van der Waals surface area contributed by atoms with E-state index in [1.54, 1.807) is 11.9 Å². The van der Waals surface area contributed by atoms with Crippen molar-refractivity contribution in [3.63, 3.8) is 0 Å². The molecule has 0 aliphatic heterocycles. The Bertz CT molecular complexity index is 543. The van der Waals surface area contributed by atoms with E-state index >= 15 is 0 Å². The molecule has 4 heteroatoms. The third-order valence-electron chi connectivity index (χ3n) is 3.59. The molecule has 2 unspecified atom stereocenters. The summed E-state index contributed by atoms with van der Waals surface area (Å²) in [5, 5.41) is 1.02. The predicted molar refractivity (Wildman–Crippen MR) is 75.9 cm³/mol. The summed E-state index contributed by atoms with van der Waals surface area (Å²) >= 11 is 0. The fraction of sp³-hybridized carbons (Fsp3) is 0.400. The van der Waals surface area contributed by atoms with Crippen LogP contribution >= 0.6 is 0 Å². The molecular weight excluding hydrogens is 240 g/mol. The number of hydrogen-bond donors (Lipinski definition) is 1. The first kappa shape index (κ1) is 13.6. The molecule has 1 heterocycles. The molecule has 0 fully saturated rings. The molecule has 0 spiro atoms. The number of carbonyl (C=O) groups excluding carboxylic acids is 1. The normalized spacial score (nSPS) is 14.3. The highest BCUT2D eigenvalue weighted by Gasteiger charge is 2.24. The van der Waals surface area contributed by atoms with Gasteiger partial charge in [-0.1, -0.05) is 18.2 Å². The van der Waals surface area contributed by atoms with E-state index in [9.17, 15) is 4.79 Å². The Labute approximate surface area is 113 Å². The summed E-state index contributed by atoms with van der Waals surface area (Å²) in [6.07, 6.45) is 0. The Kier molecular flexibility index (Phi) is 3.90. The van der Waals surface area contributed by atoms with Gasteiger partial charge in [0.25, 0.3) is 0 Å². The van der Waals surface area contributed by atoms with Gasteiger partial charge in [-0.05, 0) is 26.0 Å². The molecule has 2 aromatic rings. The average Bonchev–Trinajstić information content (AvgIpc) is 2.87.